The van der Waals surface area contributed by atoms with Crippen LogP contribution in [0.25, 0.3) is 0 Å². The molecule has 8 nitrogen and oxygen atoms in total. The third-order valence-electron chi connectivity index (χ3n) is 4.54. The minimum absolute atomic E-state index is 0.0411. The summed E-state index contributed by atoms with van der Waals surface area (Å²) in [6.07, 6.45) is -4.16. The fraction of sp³-hybridized carbons (Fsp3) is 0.562. The first-order valence-corrected chi connectivity index (χ1v) is 7.80. The Labute approximate surface area is 140 Å². The van der Waals surface area contributed by atoms with E-state index in [1.54, 1.807) is 30.3 Å². The number of carbonyl (C=O) groups excluding carboxylic acids is 1. The van der Waals surface area contributed by atoms with Crippen LogP contribution in [0.2, 0.25) is 0 Å². The van der Waals surface area contributed by atoms with Gasteiger partial charge in [0.1, 0.15) is 12.2 Å². The largest absolute Gasteiger partial charge is 0.395 e. The molecule has 1 heterocycles. The number of likely N-dealkylation sites (tertiary alicyclic amines) is 1. The molecule has 0 spiro atoms. The second-order valence-corrected chi connectivity index (χ2v) is 5.98. The second kappa shape index (κ2) is 8.02. The van der Waals surface area contributed by atoms with E-state index in [0.717, 1.165) is 0 Å². The zero-order chi connectivity index (χ0) is 17.7. The van der Waals surface area contributed by atoms with Gasteiger partial charge in [0.25, 0.3) is 5.91 Å². The van der Waals surface area contributed by atoms with E-state index < -0.39 is 30.5 Å². The van der Waals surface area contributed by atoms with E-state index in [0.29, 0.717) is 5.56 Å². The predicted molar refractivity (Wildman–Crippen MR) is 85.3 cm³/mol. The van der Waals surface area contributed by atoms with Gasteiger partial charge in [0.2, 0.25) is 0 Å². The summed E-state index contributed by atoms with van der Waals surface area (Å²) >= 11 is 0. The Morgan fingerprint density at radius 3 is 2.46 bits per heavy atom. The number of aliphatic hydroxyl groups excluding tert-OH is 5. The van der Waals surface area contributed by atoms with Gasteiger partial charge in [0, 0.05) is 25.2 Å². The first-order chi connectivity index (χ1) is 11.5. The molecule has 0 aromatic heterocycles. The fourth-order valence-electron chi connectivity index (χ4n) is 3.06. The van der Waals surface area contributed by atoms with Crippen molar-refractivity contribution in [2.45, 2.75) is 23.9 Å². The topological polar surface area (TPSA) is 133 Å². The molecule has 2 rings (SSSR count). The summed E-state index contributed by atoms with van der Waals surface area (Å²) in [6, 6.07) is 8.46. The number of hydrogen-bond donors (Lipinski definition) is 6. The summed E-state index contributed by atoms with van der Waals surface area (Å²) in [5.74, 6) is -0.389. The van der Waals surface area contributed by atoms with E-state index >= 15 is 0 Å². The maximum Gasteiger partial charge on any atom is 0.251 e. The van der Waals surface area contributed by atoms with Gasteiger partial charge in [-0.05, 0) is 12.1 Å². The second-order valence-electron chi connectivity index (χ2n) is 5.98. The molecule has 0 bridgehead atoms. The van der Waals surface area contributed by atoms with Crippen LogP contribution in [0.4, 0.5) is 0 Å². The smallest absolute Gasteiger partial charge is 0.251 e. The Kier molecular flexibility index (Phi) is 6.27. The van der Waals surface area contributed by atoms with Crippen LogP contribution in [0.5, 0.6) is 0 Å². The summed E-state index contributed by atoms with van der Waals surface area (Å²) in [5.41, 5.74) is -0.976. The van der Waals surface area contributed by atoms with Crippen LogP contribution < -0.4 is 5.32 Å². The fourth-order valence-corrected chi connectivity index (χ4v) is 3.06. The van der Waals surface area contributed by atoms with Crippen LogP contribution in [0.15, 0.2) is 30.3 Å². The Morgan fingerprint density at radius 1 is 1.21 bits per heavy atom. The number of hydrogen-bond acceptors (Lipinski definition) is 7. The van der Waals surface area contributed by atoms with Crippen LogP contribution in [0.3, 0.4) is 0 Å². The van der Waals surface area contributed by atoms with Crippen LogP contribution in [0, 0.1) is 0 Å². The minimum Gasteiger partial charge on any atom is -0.395 e. The zero-order valence-electron chi connectivity index (χ0n) is 13.2. The first-order valence-electron chi connectivity index (χ1n) is 7.80. The molecule has 0 saturated carbocycles. The van der Waals surface area contributed by atoms with Gasteiger partial charge >= 0.3 is 0 Å². The van der Waals surface area contributed by atoms with Crippen molar-refractivity contribution in [1.29, 1.82) is 0 Å². The first kappa shape index (κ1) is 18.8. The molecule has 1 saturated heterocycles. The molecular weight excluding hydrogens is 316 g/mol. The number of carbonyl (C=O) groups is 1. The Balaban J connectivity index is 2.18. The van der Waals surface area contributed by atoms with Gasteiger partial charge in [0.15, 0.2) is 0 Å². The summed E-state index contributed by atoms with van der Waals surface area (Å²) in [7, 11) is 0. The lowest BCUT2D eigenvalue weighted by Crippen LogP contribution is -2.74. The van der Waals surface area contributed by atoms with Gasteiger partial charge in [-0.25, -0.2) is 0 Å². The highest BCUT2D eigenvalue weighted by Crippen LogP contribution is 2.28. The average molecular weight is 340 g/mol. The van der Waals surface area contributed by atoms with Crippen molar-refractivity contribution in [3.8, 4) is 0 Å². The summed E-state index contributed by atoms with van der Waals surface area (Å²) in [5, 5.41) is 51.9. The highest BCUT2D eigenvalue weighted by molar-refractivity contribution is 5.94. The molecular formula is C16H24N2O6. The van der Waals surface area contributed by atoms with Gasteiger partial charge in [-0.2, -0.15) is 0 Å². The molecule has 8 heteroatoms. The highest BCUT2D eigenvalue weighted by Gasteiger charge is 2.52. The molecule has 1 aromatic carbocycles. The zero-order valence-corrected chi connectivity index (χ0v) is 13.2. The molecule has 24 heavy (non-hydrogen) atoms. The van der Waals surface area contributed by atoms with E-state index in [9.17, 15) is 30.3 Å². The molecule has 6 N–H and O–H groups in total. The average Bonchev–Trinajstić information content (AvgIpc) is 2.61. The van der Waals surface area contributed by atoms with Crippen molar-refractivity contribution in [2.75, 3.05) is 32.8 Å². The normalized spacial score (nSPS) is 31.0. The van der Waals surface area contributed by atoms with E-state index in [1.165, 1.54) is 4.90 Å². The number of β-amino-alcohol motifs (C(OH)–C–C–N with tert-alkyl or cyclic N) is 2. The monoisotopic (exact) mass is 340 g/mol. The van der Waals surface area contributed by atoms with Crippen LogP contribution in [-0.2, 0) is 0 Å². The molecule has 4 atom stereocenters. The summed E-state index contributed by atoms with van der Waals surface area (Å²) in [6.45, 7) is -0.942. The third kappa shape index (κ3) is 3.59. The van der Waals surface area contributed by atoms with Gasteiger partial charge in [-0.1, -0.05) is 18.2 Å². The highest BCUT2D eigenvalue weighted by atomic mass is 16.4. The van der Waals surface area contributed by atoms with Crippen molar-refractivity contribution in [3.05, 3.63) is 35.9 Å². The van der Waals surface area contributed by atoms with Crippen molar-refractivity contribution >= 4 is 5.91 Å². The number of piperidine rings is 1. The molecule has 1 aliphatic rings. The van der Waals surface area contributed by atoms with Crippen molar-refractivity contribution in [1.82, 2.24) is 10.2 Å². The molecule has 4 unspecified atom stereocenters. The maximum absolute atomic E-state index is 12.2. The molecule has 1 aromatic rings. The lowest BCUT2D eigenvalue weighted by atomic mass is 9.81. The quantitative estimate of drug-likeness (QED) is 0.338. The van der Waals surface area contributed by atoms with E-state index in [-0.39, 0.29) is 32.1 Å². The van der Waals surface area contributed by atoms with Gasteiger partial charge in [-0.3, -0.25) is 9.69 Å². The van der Waals surface area contributed by atoms with E-state index in [1.807, 2.05) is 0 Å². The molecule has 0 radical (unpaired) electrons. The van der Waals surface area contributed by atoms with Crippen molar-refractivity contribution in [2.24, 2.45) is 0 Å². The number of amides is 1. The van der Waals surface area contributed by atoms with Gasteiger partial charge in [0.05, 0.1) is 24.9 Å². The van der Waals surface area contributed by atoms with Crippen LogP contribution in [-0.4, -0.2) is 93.0 Å². The number of nitrogens with one attached hydrogen (secondary N) is 1. The van der Waals surface area contributed by atoms with Crippen LogP contribution in [0.1, 0.15) is 10.4 Å². The molecule has 1 fully saturated rings. The maximum atomic E-state index is 12.2. The number of benzene rings is 1. The SMILES string of the molecule is O=C(NCC1(CO)C(O)C(O)C(O)CN1CCO)c1ccccc1. The predicted octanol–water partition coefficient (Wildman–Crippen LogP) is -2.46. The summed E-state index contributed by atoms with van der Waals surface area (Å²) < 4.78 is 0. The van der Waals surface area contributed by atoms with E-state index in [2.05, 4.69) is 5.32 Å². The number of aliphatic hydroxyl groups is 5. The molecule has 134 valence electrons. The number of rotatable bonds is 6. The van der Waals surface area contributed by atoms with Gasteiger partial charge in [-0.15, -0.1) is 0 Å². The summed E-state index contributed by atoms with van der Waals surface area (Å²) in [4.78, 5) is 13.7. The van der Waals surface area contributed by atoms with Crippen LogP contribution >= 0.6 is 0 Å². The Bertz CT molecular complexity index is 543. The number of nitrogens with zero attached hydrogens (tertiary/aromatic N) is 1. The van der Waals surface area contributed by atoms with Crippen molar-refractivity contribution in [3.63, 3.8) is 0 Å². The van der Waals surface area contributed by atoms with E-state index in [4.69, 9.17) is 0 Å². The lowest BCUT2D eigenvalue weighted by Gasteiger charge is -2.52. The minimum atomic E-state index is -1.49. The van der Waals surface area contributed by atoms with Crippen molar-refractivity contribution < 1.29 is 30.3 Å². The lowest BCUT2D eigenvalue weighted by molar-refractivity contribution is -0.186. The molecule has 1 aliphatic heterocycles. The van der Waals surface area contributed by atoms with Gasteiger partial charge < -0.3 is 30.8 Å². The molecule has 0 aliphatic carbocycles. The standard InChI is InChI=1S/C16H24N2O6/c19-7-6-18-8-12(21)13(22)14(23)16(18,10-20)9-17-15(24)11-4-2-1-3-5-11/h1-5,12-14,19-23H,6-10H2,(H,17,24). The molecule has 1 amide bonds. The third-order valence-corrected chi connectivity index (χ3v) is 4.54. The Morgan fingerprint density at radius 2 is 1.88 bits per heavy atom. The Hall–Kier alpha value is -1.55.